The predicted molar refractivity (Wildman–Crippen MR) is 66.9 cm³/mol. The molecule has 96 valence electrons. The van der Waals surface area contributed by atoms with Crippen LogP contribution in [0.2, 0.25) is 0 Å². The number of hydrogen-bond acceptors (Lipinski definition) is 5. The van der Waals surface area contributed by atoms with E-state index in [2.05, 4.69) is 20.6 Å². The first-order valence-electron chi connectivity index (χ1n) is 5.87. The Morgan fingerprint density at radius 3 is 3.06 bits per heavy atom. The van der Waals surface area contributed by atoms with Crippen molar-refractivity contribution in [2.75, 3.05) is 20.3 Å². The first-order valence-corrected chi connectivity index (χ1v) is 5.87. The quantitative estimate of drug-likeness (QED) is 0.720. The summed E-state index contributed by atoms with van der Waals surface area (Å²) in [7, 11) is 1.69. The smallest absolute Gasteiger partial charge is 0.0965 e. The van der Waals surface area contributed by atoms with Gasteiger partial charge in [-0.05, 0) is 12.1 Å². The van der Waals surface area contributed by atoms with E-state index in [4.69, 9.17) is 4.74 Å². The van der Waals surface area contributed by atoms with Crippen LogP contribution in [0.4, 0.5) is 0 Å². The van der Waals surface area contributed by atoms with Crippen LogP contribution in [0.15, 0.2) is 30.6 Å². The van der Waals surface area contributed by atoms with E-state index in [1.165, 1.54) is 0 Å². The normalized spacial score (nSPS) is 10.7. The third-order valence-corrected chi connectivity index (χ3v) is 2.43. The van der Waals surface area contributed by atoms with Gasteiger partial charge >= 0.3 is 0 Å². The lowest BCUT2D eigenvalue weighted by Crippen LogP contribution is -2.18. The first-order chi connectivity index (χ1) is 8.88. The summed E-state index contributed by atoms with van der Waals surface area (Å²) in [6, 6.07) is 5.83. The van der Waals surface area contributed by atoms with Crippen LogP contribution >= 0.6 is 0 Å². The molecule has 0 radical (unpaired) electrons. The Morgan fingerprint density at radius 2 is 2.28 bits per heavy atom. The lowest BCUT2D eigenvalue weighted by Gasteiger charge is -2.00. The van der Waals surface area contributed by atoms with E-state index in [0.29, 0.717) is 19.7 Å². The molecule has 0 saturated heterocycles. The second-order valence-electron chi connectivity index (χ2n) is 3.90. The molecule has 1 N–H and O–H groups in total. The topological polar surface area (TPSA) is 64.9 Å². The lowest BCUT2D eigenvalue weighted by atomic mass is 10.3. The number of hydrogen-bond donors (Lipinski definition) is 1. The predicted octanol–water partition coefficient (Wildman–Crippen LogP) is 0.457. The molecule has 18 heavy (non-hydrogen) atoms. The van der Waals surface area contributed by atoms with Crippen LogP contribution in [0.3, 0.4) is 0 Å². The Balaban J connectivity index is 1.83. The number of nitrogens with zero attached hydrogens (tertiary/aromatic N) is 4. The Labute approximate surface area is 106 Å². The zero-order valence-corrected chi connectivity index (χ0v) is 10.4. The SMILES string of the molecule is COCCNCc1cn(Cc2ccccn2)nn1. The summed E-state index contributed by atoms with van der Waals surface area (Å²) in [5.74, 6) is 0. The van der Waals surface area contributed by atoms with Crippen molar-refractivity contribution >= 4 is 0 Å². The van der Waals surface area contributed by atoms with Gasteiger partial charge in [-0.3, -0.25) is 4.98 Å². The number of ether oxygens (including phenoxy) is 1. The molecule has 2 heterocycles. The lowest BCUT2D eigenvalue weighted by molar-refractivity contribution is 0.199. The average Bonchev–Trinajstić information content (AvgIpc) is 2.84. The van der Waals surface area contributed by atoms with Crippen molar-refractivity contribution in [1.29, 1.82) is 0 Å². The summed E-state index contributed by atoms with van der Waals surface area (Å²) in [4.78, 5) is 4.25. The number of rotatable bonds is 7. The van der Waals surface area contributed by atoms with Gasteiger partial charge in [0, 0.05) is 26.4 Å². The molecule has 0 unspecified atom stereocenters. The molecule has 2 aromatic heterocycles. The highest BCUT2D eigenvalue weighted by Gasteiger charge is 2.01. The summed E-state index contributed by atoms with van der Waals surface area (Å²) in [6.07, 6.45) is 3.70. The molecule has 0 spiro atoms. The third-order valence-electron chi connectivity index (χ3n) is 2.43. The molecule has 0 aromatic carbocycles. The van der Waals surface area contributed by atoms with E-state index >= 15 is 0 Å². The summed E-state index contributed by atoms with van der Waals surface area (Å²) in [5.41, 5.74) is 1.89. The second-order valence-corrected chi connectivity index (χ2v) is 3.90. The fraction of sp³-hybridized carbons (Fsp3) is 0.417. The van der Waals surface area contributed by atoms with E-state index in [9.17, 15) is 0 Å². The van der Waals surface area contributed by atoms with Gasteiger partial charge in [-0.15, -0.1) is 5.10 Å². The highest BCUT2D eigenvalue weighted by atomic mass is 16.5. The van der Waals surface area contributed by atoms with Gasteiger partial charge in [0.2, 0.25) is 0 Å². The van der Waals surface area contributed by atoms with Gasteiger partial charge in [-0.25, -0.2) is 4.68 Å². The molecular weight excluding hydrogens is 230 g/mol. The summed E-state index contributed by atoms with van der Waals surface area (Å²) >= 11 is 0. The molecule has 0 aliphatic heterocycles. The highest BCUT2D eigenvalue weighted by molar-refractivity contribution is 5.04. The molecule has 6 nitrogen and oxygen atoms in total. The molecule has 0 saturated carbocycles. The number of methoxy groups -OCH3 is 1. The zero-order valence-electron chi connectivity index (χ0n) is 10.4. The first kappa shape index (κ1) is 12.7. The van der Waals surface area contributed by atoms with Crippen LogP contribution in [0.25, 0.3) is 0 Å². The van der Waals surface area contributed by atoms with Crippen molar-refractivity contribution in [3.05, 3.63) is 42.0 Å². The van der Waals surface area contributed by atoms with E-state index in [1.54, 1.807) is 18.0 Å². The number of nitrogens with one attached hydrogen (secondary N) is 1. The molecule has 0 aliphatic rings. The molecule has 0 aliphatic carbocycles. The summed E-state index contributed by atoms with van der Waals surface area (Å²) in [6.45, 7) is 2.85. The third kappa shape index (κ3) is 3.90. The Kier molecular flexibility index (Phi) is 4.80. The molecule has 0 fully saturated rings. The van der Waals surface area contributed by atoms with Gasteiger partial charge in [-0.2, -0.15) is 0 Å². The van der Waals surface area contributed by atoms with Gasteiger partial charge in [0.15, 0.2) is 0 Å². The van der Waals surface area contributed by atoms with Crippen molar-refractivity contribution in [2.24, 2.45) is 0 Å². The Hall–Kier alpha value is -1.79. The van der Waals surface area contributed by atoms with Gasteiger partial charge in [-0.1, -0.05) is 11.3 Å². The van der Waals surface area contributed by atoms with Crippen LogP contribution in [0, 0.1) is 0 Å². The van der Waals surface area contributed by atoms with Gasteiger partial charge in [0.05, 0.1) is 30.7 Å². The molecule has 0 atom stereocenters. The maximum Gasteiger partial charge on any atom is 0.0965 e. The molecule has 6 heteroatoms. The van der Waals surface area contributed by atoms with Crippen molar-refractivity contribution in [3.63, 3.8) is 0 Å². The minimum atomic E-state index is 0.645. The molecular formula is C12H17N5O. The minimum Gasteiger partial charge on any atom is -0.383 e. The van der Waals surface area contributed by atoms with Gasteiger partial charge < -0.3 is 10.1 Å². The number of aromatic nitrogens is 4. The largest absolute Gasteiger partial charge is 0.383 e. The van der Waals surface area contributed by atoms with Crippen LogP contribution in [-0.2, 0) is 17.8 Å². The maximum absolute atomic E-state index is 4.95. The van der Waals surface area contributed by atoms with E-state index in [-0.39, 0.29) is 0 Å². The van der Waals surface area contributed by atoms with Gasteiger partial charge in [0.1, 0.15) is 0 Å². The molecule has 0 bridgehead atoms. The Bertz CT molecular complexity index is 457. The highest BCUT2D eigenvalue weighted by Crippen LogP contribution is 1.98. The van der Waals surface area contributed by atoms with Crippen molar-refractivity contribution in [1.82, 2.24) is 25.3 Å². The van der Waals surface area contributed by atoms with Crippen molar-refractivity contribution < 1.29 is 4.74 Å². The molecule has 2 rings (SSSR count). The minimum absolute atomic E-state index is 0.645. The zero-order chi connectivity index (χ0) is 12.6. The number of pyridine rings is 1. The fourth-order valence-electron chi connectivity index (χ4n) is 1.55. The van der Waals surface area contributed by atoms with Gasteiger partial charge in [0.25, 0.3) is 0 Å². The molecule has 2 aromatic rings. The monoisotopic (exact) mass is 247 g/mol. The van der Waals surface area contributed by atoms with Crippen LogP contribution in [0.1, 0.15) is 11.4 Å². The van der Waals surface area contributed by atoms with Crippen LogP contribution < -0.4 is 5.32 Å². The van der Waals surface area contributed by atoms with Crippen molar-refractivity contribution in [3.8, 4) is 0 Å². The summed E-state index contributed by atoms with van der Waals surface area (Å²) in [5, 5.41) is 11.4. The van der Waals surface area contributed by atoms with E-state index in [1.807, 2.05) is 24.4 Å². The van der Waals surface area contributed by atoms with Crippen LogP contribution in [-0.4, -0.2) is 40.2 Å². The second kappa shape index (κ2) is 6.83. The van der Waals surface area contributed by atoms with Crippen LogP contribution in [0.5, 0.6) is 0 Å². The molecule has 0 amide bonds. The van der Waals surface area contributed by atoms with E-state index < -0.39 is 0 Å². The maximum atomic E-state index is 4.95. The van der Waals surface area contributed by atoms with E-state index in [0.717, 1.165) is 17.9 Å². The summed E-state index contributed by atoms with van der Waals surface area (Å²) < 4.78 is 6.74. The average molecular weight is 247 g/mol. The fourth-order valence-corrected chi connectivity index (χ4v) is 1.55. The Morgan fingerprint density at radius 1 is 1.33 bits per heavy atom. The standard InChI is InChI=1S/C12H17N5O/c1-18-7-6-13-8-12-10-17(16-15-12)9-11-4-2-3-5-14-11/h2-5,10,13H,6-9H2,1H3. The van der Waals surface area contributed by atoms with Crippen molar-refractivity contribution in [2.45, 2.75) is 13.1 Å².